The highest BCUT2D eigenvalue weighted by molar-refractivity contribution is 6.30. The van der Waals surface area contributed by atoms with Crippen molar-refractivity contribution < 1.29 is 4.79 Å². The Morgan fingerprint density at radius 2 is 1.90 bits per heavy atom. The molecule has 1 saturated carbocycles. The number of nitrogens with zero attached hydrogens (tertiary/aromatic N) is 1. The first-order valence-electron chi connectivity index (χ1n) is 7.33. The van der Waals surface area contributed by atoms with E-state index in [-0.39, 0.29) is 11.8 Å². The van der Waals surface area contributed by atoms with Gasteiger partial charge in [-0.1, -0.05) is 49.9 Å². The quantitative estimate of drug-likeness (QED) is 0.657. The minimum absolute atomic E-state index is 0.0598. The van der Waals surface area contributed by atoms with Gasteiger partial charge in [-0.15, -0.1) is 0 Å². The number of nitrogens with one attached hydrogen (secondary N) is 1. The summed E-state index contributed by atoms with van der Waals surface area (Å²) in [6, 6.07) is 7.53. The van der Waals surface area contributed by atoms with Crippen molar-refractivity contribution >= 4 is 23.2 Å². The van der Waals surface area contributed by atoms with Gasteiger partial charge >= 0.3 is 0 Å². The van der Waals surface area contributed by atoms with Crippen LogP contribution in [0.4, 0.5) is 0 Å². The van der Waals surface area contributed by atoms with Gasteiger partial charge in [-0.2, -0.15) is 5.10 Å². The van der Waals surface area contributed by atoms with Gasteiger partial charge in [0.15, 0.2) is 0 Å². The summed E-state index contributed by atoms with van der Waals surface area (Å²) >= 11 is 5.88. The number of carbonyl (C=O) groups is 1. The highest BCUT2D eigenvalue weighted by Gasteiger charge is 2.20. The summed E-state index contributed by atoms with van der Waals surface area (Å²) < 4.78 is 0. The zero-order valence-electron chi connectivity index (χ0n) is 11.9. The first-order valence-corrected chi connectivity index (χ1v) is 7.71. The molecule has 0 radical (unpaired) electrons. The Labute approximate surface area is 125 Å². The summed E-state index contributed by atoms with van der Waals surface area (Å²) in [5.74, 6) is 0.195. The lowest BCUT2D eigenvalue weighted by atomic mass is 9.89. The normalized spacial score (nSPS) is 17.0. The molecule has 3 nitrogen and oxygen atoms in total. The molecule has 0 unspecified atom stereocenters. The van der Waals surface area contributed by atoms with Crippen LogP contribution in [0.15, 0.2) is 29.4 Å². The van der Waals surface area contributed by atoms with Crippen molar-refractivity contribution in [1.29, 1.82) is 0 Å². The van der Waals surface area contributed by atoms with Crippen LogP contribution < -0.4 is 5.43 Å². The molecule has 1 amide bonds. The summed E-state index contributed by atoms with van der Waals surface area (Å²) in [5.41, 5.74) is 4.61. The lowest BCUT2D eigenvalue weighted by molar-refractivity contribution is -0.125. The Hall–Kier alpha value is -1.35. The SMILES string of the molecule is CCC(=NNC(=O)C1CCCCC1)c1ccc(Cl)cc1. The fourth-order valence-electron chi connectivity index (χ4n) is 2.57. The van der Waals surface area contributed by atoms with Crippen LogP contribution in [0.1, 0.15) is 51.0 Å². The van der Waals surface area contributed by atoms with E-state index in [0.717, 1.165) is 43.4 Å². The number of halogens is 1. The Balaban J connectivity index is 2.00. The zero-order valence-corrected chi connectivity index (χ0v) is 12.6. The molecular weight excluding hydrogens is 272 g/mol. The topological polar surface area (TPSA) is 41.5 Å². The van der Waals surface area contributed by atoms with Crippen molar-refractivity contribution in [3.05, 3.63) is 34.9 Å². The van der Waals surface area contributed by atoms with Crippen LogP contribution in [0.3, 0.4) is 0 Å². The van der Waals surface area contributed by atoms with E-state index in [4.69, 9.17) is 11.6 Å². The third-order valence-electron chi connectivity index (χ3n) is 3.79. The molecule has 0 bridgehead atoms. The molecule has 4 heteroatoms. The number of rotatable bonds is 4. The van der Waals surface area contributed by atoms with E-state index in [1.165, 1.54) is 6.42 Å². The van der Waals surface area contributed by atoms with Gasteiger partial charge in [0.1, 0.15) is 0 Å². The summed E-state index contributed by atoms with van der Waals surface area (Å²) in [7, 11) is 0. The highest BCUT2D eigenvalue weighted by atomic mass is 35.5. The maximum Gasteiger partial charge on any atom is 0.243 e. The summed E-state index contributed by atoms with van der Waals surface area (Å²) in [4.78, 5) is 12.1. The second-order valence-corrected chi connectivity index (χ2v) is 5.67. The summed E-state index contributed by atoms with van der Waals surface area (Å²) in [6.45, 7) is 2.03. The van der Waals surface area contributed by atoms with Gasteiger partial charge in [0.2, 0.25) is 5.91 Å². The molecule has 0 spiro atoms. The highest BCUT2D eigenvalue weighted by Crippen LogP contribution is 2.23. The standard InChI is InChI=1S/C16H21ClN2O/c1-2-15(12-8-10-14(17)11-9-12)18-19-16(20)13-6-4-3-5-7-13/h8-11,13H,2-7H2,1H3,(H,19,20). The molecule has 108 valence electrons. The summed E-state index contributed by atoms with van der Waals surface area (Å²) in [5, 5.41) is 5.00. The molecule has 1 aromatic rings. The van der Waals surface area contributed by atoms with E-state index in [1.807, 2.05) is 31.2 Å². The molecule has 1 N–H and O–H groups in total. The first-order chi connectivity index (χ1) is 9.70. The van der Waals surface area contributed by atoms with E-state index in [2.05, 4.69) is 10.5 Å². The van der Waals surface area contributed by atoms with Gasteiger partial charge in [0.05, 0.1) is 5.71 Å². The minimum Gasteiger partial charge on any atom is -0.273 e. The molecule has 20 heavy (non-hydrogen) atoms. The fraction of sp³-hybridized carbons (Fsp3) is 0.500. The third-order valence-corrected chi connectivity index (χ3v) is 4.04. The fourth-order valence-corrected chi connectivity index (χ4v) is 2.69. The first kappa shape index (κ1) is 15.0. The molecule has 1 aromatic carbocycles. The van der Waals surface area contributed by atoms with E-state index in [9.17, 15) is 4.79 Å². The Morgan fingerprint density at radius 1 is 1.25 bits per heavy atom. The molecule has 1 fully saturated rings. The zero-order chi connectivity index (χ0) is 14.4. The van der Waals surface area contributed by atoms with Crippen LogP contribution in [-0.2, 0) is 4.79 Å². The van der Waals surface area contributed by atoms with Gasteiger partial charge in [-0.05, 0) is 37.0 Å². The van der Waals surface area contributed by atoms with E-state index in [0.29, 0.717) is 5.02 Å². The molecule has 1 aliphatic rings. The summed E-state index contributed by atoms with van der Waals surface area (Å²) in [6.07, 6.45) is 6.30. The molecule has 1 aliphatic carbocycles. The van der Waals surface area contributed by atoms with Crippen molar-refractivity contribution in [1.82, 2.24) is 5.43 Å². The number of amides is 1. The van der Waals surface area contributed by atoms with Crippen LogP contribution in [0.5, 0.6) is 0 Å². The second-order valence-electron chi connectivity index (χ2n) is 5.23. The lowest BCUT2D eigenvalue weighted by Crippen LogP contribution is -2.29. The van der Waals surface area contributed by atoms with Crippen molar-refractivity contribution in [3.8, 4) is 0 Å². The molecular formula is C16H21ClN2O. The van der Waals surface area contributed by atoms with Crippen molar-refractivity contribution in [2.45, 2.75) is 45.4 Å². The smallest absolute Gasteiger partial charge is 0.243 e. The van der Waals surface area contributed by atoms with Crippen LogP contribution in [0.25, 0.3) is 0 Å². The number of hydrogen-bond donors (Lipinski definition) is 1. The van der Waals surface area contributed by atoms with Crippen LogP contribution in [0.2, 0.25) is 5.02 Å². The van der Waals surface area contributed by atoms with Crippen molar-refractivity contribution in [3.63, 3.8) is 0 Å². The number of hydrazone groups is 1. The molecule has 0 heterocycles. The van der Waals surface area contributed by atoms with Gasteiger partial charge in [0, 0.05) is 10.9 Å². The maximum absolute atomic E-state index is 12.1. The van der Waals surface area contributed by atoms with E-state index < -0.39 is 0 Å². The average molecular weight is 293 g/mol. The molecule has 0 aliphatic heterocycles. The molecule has 0 atom stereocenters. The Morgan fingerprint density at radius 3 is 2.50 bits per heavy atom. The van der Waals surface area contributed by atoms with Crippen molar-refractivity contribution in [2.75, 3.05) is 0 Å². The van der Waals surface area contributed by atoms with E-state index in [1.54, 1.807) is 0 Å². The molecule has 2 rings (SSSR count). The van der Waals surface area contributed by atoms with E-state index >= 15 is 0 Å². The van der Waals surface area contributed by atoms with Gasteiger partial charge in [-0.25, -0.2) is 5.43 Å². The van der Waals surface area contributed by atoms with Gasteiger partial charge in [-0.3, -0.25) is 4.79 Å². The largest absolute Gasteiger partial charge is 0.273 e. The van der Waals surface area contributed by atoms with Crippen LogP contribution >= 0.6 is 11.6 Å². The van der Waals surface area contributed by atoms with Gasteiger partial charge < -0.3 is 0 Å². The third kappa shape index (κ3) is 4.07. The monoisotopic (exact) mass is 292 g/mol. The minimum atomic E-state index is 0.0598. The maximum atomic E-state index is 12.1. The Kier molecular flexibility index (Phi) is 5.60. The lowest BCUT2D eigenvalue weighted by Gasteiger charge is -2.19. The Bertz CT molecular complexity index is 476. The predicted molar refractivity (Wildman–Crippen MR) is 83.0 cm³/mol. The average Bonchev–Trinajstić information content (AvgIpc) is 2.50. The second kappa shape index (κ2) is 7.44. The molecule has 0 saturated heterocycles. The van der Waals surface area contributed by atoms with Crippen LogP contribution in [0, 0.1) is 5.92 Å². The predicted octanol–water partition coefficient (Wildman–Crippen LogP) is 4.15. The number of benzene rings is 1. The van der Waals surface area contributed by atoms with Crippen LogP contribution in [-0.4, -0.2) is 11.6 Å². The number of carbonyl (C=O) groups excluding carboxylic acids is 1. The van der Waals surface area contributed by atoms with Gasteiger partial charge in [0.25, 0.3) is 0 Å². The number of hydrogen-bond acceptors (Lipinski definition) is 2. The van der Waals surface area contributed by atoms with Crippen molar-refractivity contribution in [2.24, 2.45) is 11.0 Å². The molecule has 0 aromatic heterocycles.